The third-order valence-electron chi connectivity index (χ3n) is 5.44. The van der Waals surface area contributed by atoms with Crippen molar-refractivity contribution in [2.24, 2.45) is 0 Å². The molecule has 0 bridgehead atoms. The summed E-state index contributed by atoms with van der Waals surface area (Å²) < 4.78 is 2.73. The molecule has 0 aliphatic carbocycles. The van der Waals surface area contributed by atoms with E-state index >= 15 is 0 Å². The first-order valence-electron chi connectivity index (χ1n) is 8.29. The van der Waals surface area contributed by atoms with Crippen LogP contribution in [0.2, 0.25) is 0 Å². The van der Waals surface area contributed by atoms with Crippen LogP contribution in [0.25, 0.3) is 0 Å². The van der Waals surface area contributed by atoms with Gasteiger partial charge in [0.15, 0.2) is 0 Å². The molecule has 0 saturated carbocycles. The van der Waals surface area contributed by atoms with Crippen LogP contribution in [0.1, 0.15) is 51.4 Å². The molecule has 0 atom stereocenters. The first-order chi connectivity index (χ1) is 8.62. The third kappa shape index (κ3) is 6.08. The molecular weight excluding hydrogens is 252 g/mol. The standard InChI is InChI=1S/C16H34N2.2H2O/c1-17(11-5-3-6-12-17)15-9-10-16-18(2)13-7-4-8-14-18;;/h3-16H2,1-2H3;2*1H2/q+2;;/p-2. The maximum Gasteiger partial charge on any atom is 0.0786 e. The van der Waals surface area contributed by atoms with E-state index in [1.165, 1.54) is 99.6 Å². The van der Waals surface area contributed by atoms with Crippen molar-refractivity contribution in [1.29, 1.82) is 0 Å². The number of unbranched alkanes of at least 4 members (excludes halogenated alkanes) is 1. The van der Waals surface area contributed by atoms with Crippen LogP contribution in [-0.4, -0.2) is 73.3 Å². The molecule has 4 heteroatoms. The quantitative estimate of drug-likeness (QED) is 0.577. The second-order valence-electron chi connectivity index (χ2n) is 7.41. The molecule has 0 aromatic rings. The van der Waals surface area contributed by atoms with Gasteiger partial charge in [0.2, 0.25) is 0 Å². The topological polar surface area (TPSA) is 60.0 Å². The minimum atomic E-state index is 0. The molecule has 0 aromatic carbocycles. The van der Waals surface area contributed by atoms with Gasteiger partial charge in [-0.25, -0.2) is 0 Å². The van der Waals surface area contributed by atoms with Gasteiger partial charge in [0.05, 0.1) is 53.4 Å². The number of nitrogens with zero attached hydrogens (tertiary/aromatic N) is 2. The van der Waals surface area contributed by atoms with Gasteiger partial charge < -0.3 is 19.9 Å². The average Bonchev–Trinajstić information content (AvgIpc) is 2.37. The van der Waals surface area contributed by atoms with Gasteiger partial charge in [-0.15, -0.1) is 0 Å². The Hall–Kier alpha value is -0.160. The Balaban J connectivity index is 0.00000180. The highest BCUT2D eigenvalue weighted by Gasteiger charge is 2.26. The molecule has 0 spiro atoms. The van der Waals surface area contributed by atoms with Crippen molar-refractivity contribution in [1.82, 2.24) is 0 Å². The molecule has 0 amide bonds. The van der Waals surface area contributed by atoms with Gasteiger partial charge in [0, 0.05) is 12.8 Å². The maximum atomic E-state index is 2.48. The smallest absolute Gasteiger partial charge is 0.0786 e. The molecule has 2 fully saturated rings. The number of piperidine rings is 2. The molecule has 0 aromatic heterocycles. The van der Waals surface area contributed by atoms with Crippen LogP contribution in [0.5, 0.6) is 0 Å². The summed E-state index contributed by atoms with van der Waals surface area (Å²) in [6, 6.07) is 0. The van der Waals surface area contributed by atoms with E-state index < -0.39 is 0 Å². The van der Waals surface area contributed by atoms with Crippen LogP contribution < -0.4 is 0 Å². The van der Waals surface area contributed by atoms with Crippen molar-refractivity contribution < 1.29 is 19.9 Å². The SMILES string of the molecule is C[N+]1(CCCC[N+]2(C)CCCCC2)CCCCC1.[OH-].[OH-]. The Morgan fingerprint density at radius 3 is 1.15 bits per heavy atom. The molecule has 0 radical (unpaired) electrons. The highest BCUT2D eigenvalue weighted by molar-refractivity contribution is 4.54. The van der Waals surface area contributed by atoms with Crippen molar-refractivity contribution in [2.75, 3.05) is 53.4 Å². The average molecular weight is 288 g/mol. The van der Waals surface area contributed by atoms with E-state index in [9.17, 15) is 0 Å². The van der Waals surface area contributed by atoms with Gasteiger partial charge in [-0.2, -0.15) is 0 Å². The summed E-state index contributed by atoms with van der Waals surface area (Å²) in [4.78, 5) is 0. The summed E-state index contributed by atoms with van der Waals surface area (Å²) in [7, 11) is 4.96. The maximum absolute atomic E-state index is 2.48. The van der Waals surface area contributed by atoms with Crippen molar-refractivity contribution in [3.63, 3.8) is 0 Å². The minimum absolute atomic E-state index is 0. The van der Waals surface area contributed by atoms with Crippen molar-refractivity contribution in [2.45, 2.75) is 51.4 Å². The van der Waals surface area contributed by atoms with Crippen molar-refractivity contribution in [3.05, 3.63) is 0 Å². The number of likely N-dealkylation sites (tertiary alicyclic amines) is 2. The fraction of sp³-hybridized carbons (Fsp3) is 1.00. The van der Waals surface area contributed by atoms with E-state index in [2.05, 4.69) is 14.1 Å². The Morgan fingerprint density at radius 2 is 0.850 bits per heavy atom. The lowest BCUT2D eigenvalue weighted by Crippen LogP contribution is -2.50. The summed E-state index contributed by atoms with van der Waals surface area (Å²) in [6.45, 7) is 8.61. The number of hydrogen-bond acceptors (Lipinski definition) is 2. The zero-order valence-electron chi connectivity index (χ0n) is 13.7. The van der Waals surface area contributed by atoms with Gasteiger partial charge >= 0.3 is 0 Å². The van der Waals surface area contributed by atoms with E-state index in [1.54, 1.807) is 0 Å². The highest BCUT2D eigenvalue weighted by atomic mass is 16.0. The first kappa shape index (κ1) is 19.8. The summed E-state index contributed by atoms with van der Waals surface area (Å²) in [6.07, 6.45) is 11.7. The highest BCUT2D eigenvalue weighted by Crippen LogP contribution is 2.19. The Bertz CT molecular complexity index is 221. The van der Waals surface area contributed by atoms with Gasteiger partial charge in [-0.1, -0.05) is 0 Å². The fourth-order valence-corrected chi connectivity index (χ4v) is 3.99. The van der Waals surface area contributed by atoms with Gasteiger partial charge in [0.1, 0.15) is 0 Å². The molecule has 0 unspecified atom stereocenters. The van der Waals surface area contributed by atoms with Crippen LogP contribution >= 0.6 is 0 Å². The third-order valence-corrected chi connectivity index (χ3v) is 5.44. The Kier molecular flexibility index (Phi) is 8.91. The lowest BCUT2D eigenvalue weighted by Gasteiger charge is -2.39. The summed E-state index contributed by atoms with van der Waals surface area (Å²) >= 11 is 0. The predicted molar refractivity (Wildman–Crippen MR) is 82.4 cm³/mol. The number of rotatable bonds is 5. The van der Waals surface area contributed by atoms with E-state index in [0.717, 1.165) is 0 Å². The molecule has 2 saturated heterocycles. The first-order valence-corrected chi connectivity index (χ1v) is 8.29. The minimum Gasteiger partial charge on any atom is -0.870 e. The number of hydrogen-bond donors (Lipinski definition) is 0. The number of quaternary nitrogens is 2. The zero-order chi connectivity index (χ0) is 12.9. The van der Waals surface area contributed by atoms with E-state index in [0.29, 0.717) is 0 Å². The lowest BCUT2D eigenvalue weighted by molar-refractivity contribution is -0.920. The molecule has 20 heavy (non-hydrogen) atoms. The zero-order valence-corrected chi connectivity index (χ0v) is 13.7. The fourth-order valence-electron chi connectivity index (χ4n) is 3.99. The molecule has 2 heterocycles. The van der Waals surface area contributed by atoms with Gasteiger partial charge in [0.25, 0.3) is 0 Å². The van der Waals surface area contributed by atoms with Crippen molar-refractivity contribution >= 4 is 0 Å². The molecule has 2 aliphatic rings. The second-order valence-corrected chi connectivity index (χ2v) is 7.41. The van der Waals surface area contributed by atoms with E-state index in [1.807, 2.05) is 0 Å². The summed E-state index contributed by atoms with van der Waals surface area (Å²) in [5, 5.41) is 0. The molecule has 2 N–H and O–H groups in total. The monoisotopic (exact) mass is 288 g/mol. The van der Waals surface area contributed by atoms with Crippen LogP contribution in [0.3, 0.4) is 0 Å². The molecule has 4 nitrogen and oxygen atoms in total. The Labute approximate surface area is 125 Å². The van der Waals surface area contributed by atoms with E-state index in [-0.39, 0.29) is 11.0 Å². The van der Waals surface area contributed by atoms with E-state index in [4.69, 9.17) is 0 Å². The van der Waals surface area contributed by atoms with Crippen molar-refractivity contribution in [3.8, 4) is 0 Å². The molecule has 122 valence electrons. The van der Waals surface area contributed by atoms with Crippen LogP contribution in [0.4, 0.5) is 0 Å². The summed E-state index contributed by atoms with van der Waals surface area (Å²) in [5.74, 6) is 0. The normalized spacial score (nSPS) is 24.3. The van der Waals surface area contributed by atoms with Gasteiger partial charge in [-0.05, 0) is 38.5 Å². The lowest BCUT2D eigenvalue weighted by atomic mass is 10.1. The van der Waals surface area contributed by atoms with Crippen LogP contribution in [0, 0.1) is 0 Å². The van der Waals surface area contributed by atoms with Crippen LogP contribution in [-0.2, 0) is 0 Å². The largest absolute Gasteiger partial charge is 0.870 e. The molecule has 2 aliphatic heterocycles. The van der Waals surface area contributed by atoms with Gasteiger partial charge in [-0.3, -0.25) is 0 Å². The summed E-state index contributed by atoms with van der Waals surface area (Å²) in [5.41, 5.74) is 0. The molecule has 2 rings (SSSR count). The Morgan fingerprint density at radius 1 is 0.550 bits per heavy atom. The predicted octanol–water partition coefficient (Wildman–Crippen LogP) is 2.67. The molecular formula is C16H36N2O2. The second kappa shape index (κ2) is 8.98. The van der Waals surface area contributed by atoms with Crippen LogP contribution in [0.15, 0.2) is 0 Å².